The number of nitrogens with zero attached hydrogens (tertiary/aromatic N) is 3. The van der Waals surface area contributed by atoms with Crippen LogP contribution in [-0.4, -0.2) is 34.8 Å². The molecule has 2 heterocycles. The van der Waals surface area contributed by atoms with Gasteiger partial charge in [0.1, 0.15) is 11.9 Å². The van der Waals surface area contributed by atoms with Gasteiger partial charge in [0.25, 0.3) is 0 Å². The molecule has 1 aromatic heterocycles. The van der Waals surface area contributed by atoms with Gasteiger partial charge in [-0.25, -0.2) is 9.37 Å². The predicted octanol–water partition coefficient (Wildman–Crippen LogP) is 3.63. The van der Waals surface area contributed by atoms with Crippen LogP contribution in [0.2, 0.25) is 0 Å². The number of halogens is 1. The molecule has 1 aliphatic heterocycles. The second kappa shape index (κ2) is 7.36. The third kappa shape index (κ3) is 3.62. The van der Waals surface area contributed by atoms with Crippen LogP contribution in [0.15, 0.2) is 24.3 Å². The first-order valence-corrected chi connectivity index (χ1v) is 8.77. The summed E-state index contributed by atoms with van der Waals surface area (Å²) < 4.78 is 22.6. The molecule has 7 heteroatoms. The van der Waals surface area contributed by atoms with E-state index in [0.717, 1.165) is 24.5 Å². The number of ketones is 1. The molecule has 0 saturated carbocycles. The van der Waals surface area contributed by atoms with Gasteiger partial charge in [0.15, 0.2) is 11.6 Å². The van der Waals surface area contributed by atoms with Crippen molar-refractivity contribution < 1.29 is 13.9 Å². The molecule has 128 valence electrons. The summed E-state index contributed by atoms with van der Waals surface area (Å²) in [6.07, 6.45) is 2.23. The van der Waals surface area contributed by atoms with Crippen LogP contribution >= 0.6 is 11.5 Å². The Balaban J connectivity index is 1.70. The van der Waals surface area contributed by atoms with E-state index in [0.29, 0.717) is 17.8 Å². The van der Waals surface area contributed by atoms with Crippen molar-refractivity contribution >= 4 is 22.4 Å². The van der Waals surface area contributed by atoms with E-state index in [2.05, 4.69) is 14.3 Å². The summed E-state index contributed by atoms with van der Waals surface area (Å²) in [6.45, 7) is 2.78. The second-order valence-corrected chi connectivity index (χ2v) is 6.67. The summed E-state index contributed by atoms with van der Waals surface area (Å²) in [6, 6.07) is 5.84. The van der Waals surface area contributed by atoms with Crippen LogP contribution in [0.1, 0.15) is 48.5 Å². The Labute approximate surface area is 144 Å². The molecule has 0 N–H and O–H groups in total. The van der Waals surface area contributed by atoms with Crippen molar-refractivity contribution in [2.75, 3.05) is 18.6 Å². The van der Waals surface area contributed by atoms with Gasteiger partial charge in [-0.05, 0) is 44.0 Å². The topological polar surface area (TPSA) is 55.3 Å². The van der Waals surface area contributed by atoms with Crippen LogP contribution in [0, 0.1) is 5.82 Å². The number of anilines is 1. The van der Waals surface area contributed by atoms with E-state index in [1.165, 1.54) is 23.7 Å². The Morgan fingerprint density at radius 3 is 2.92 bits per heavy atom. The minimum absolute atomic E-state index is 0.0295. The molecule has 2 atom stereocenters. The summed E-state index contributed by atoms with van der Waals surface area (Å²) in [4.78, 5) is 19.2. The van der Waals surface area contributed by atoms with Crippen molar-refractivity contribution in [3.63, 3.8) is 0 Å². The van der Waals surface area contributed by atoms with E-state index in [4.69, 9.17) is 4.74 Å². The Bertz CT molecular complexity index is 704. The zero-order chi connectivity index (χ0) is 17.1. The van der Waals surface area contributed by atoms with Gasteiger partial charge in [0.2, 0.25) is 5.13 Å². The number of carbonyl (C=O) groups excluding carboxylic acids is 1. The van der Waals surface area contributed by atoms with Crippen LogP contribution in [0.25, 0.3) is 0 Å². The molecule has 5 nitrogen and oxygen atoms in total. The second-order valence-electron chi connectivity index (χ2n) is 5.94. The summed E-state index contributed by atoms with van der Waals surface area (Å²) in [5.41, 5.74) is 0.550. The molecule has 2 aromatic rings. The van der Waals surface area contributed by atoms with Crippen molar-refractivity contribution in [1.82, 2.24) is 9.36 Å². The quantitative estimate of drug-likeness (QED) is 0.746. The van der Waals surface area contributed by atoms with Crippen molar-refractivity contribution in [2.24, 2.45) is 0 Å². The highest BCUT2D eigenvalue weighted by Crippen LogP contribution is 2.30. The number of aromatic nitrogens is 2. The van der Waals surface area contributed by atoms with Crippen LogP contribution in [0.3, 0.4) is 0 Å². The van der Waals surface area contributed by atoms with Gasteiger partial charge in [-0.3, -0.25) is 4.79 Å². The van der Waals surface area contributed by atoms with E-state index in [-0.39, 0.29) is 23.7 Å². The van der Waals surface area contributed by atoms with Gasteiger partial charge >= 0.3 is 0 Å². The molecule has 0 amide bonds. The standard InChI is InChI=1S/C17H20FN3O2S/c1-11(23-2)16-19-17(24-20-16)21-9-3-4-14(21)10-15(22)12-5-7-13(18)8-6-12/h5-8,11,14H,3-4,9-10H2,1-2H3/t11-,14-/m0/s1. The fourth-order valence-corrected chi connectivity index (χ4v) is 3.73. The lowest BCUT2D eigenvalue weighted by atomic mass is 10.0. The van der Waals surface area contributed by atoms with E-state index in [1.807, 2.05) is 6.92 Å². The van der Waals surface area contributed by atoms with E-state index in [1.54, 1.807) is 19.2 Å². The maximum atomic E-state index is 13.0. The van der Waals surface area contributed by atoms with Gasteiger partial charge in [-0.2, -0.15) is 4.37 Å². The highest BCUT2D eigenvalue weighted by atomic mass is 32.1. The SMILES string of the molecule is CO[C@@H](C)c1nsc(N2CCC[C@H]2CC(=O)c2ccc(F)cc2)n1. The Hall–Kier alpha value is -1.86. The number of methoxy groups -OCH3 is 1. The van der Waals surface area contributed by atoms with Crippen molar-refractivity contribution in [1.29, 1.82) is 0 Å². The van der Waals surface area contributed by atoms with Gasteiger partial charge in [0, 0.05) is 43.2 Å². The van der Waals surface area contributed by atoms with Gasteiger partial charge in [0.05, 0.1) is 0 Å². The monoisotopic (exact) mass is 349 g/mol. The van der Waals surface area contributed by atoms with Crippen LogP contribution in [0.4, 0.5) is 9.52 Å². The van der Waals surface area contributed by atoms with Crippen LogP contribution < -0.4 is 4.90 Å². The summed E-state index contributed by atoms with van der Waals surface area (Å²) >= 11 is 1.34. The molecule has 0 radical (unpaired) electrons. The number of carbonyl (C=O) groups is 1. The average Bonchev–Trinajstić information content (AvgIpc) is 3.23. The summed E-state index contributed by atoms with van der Waals surface area (Å²) in [5, 5.41) is 0.836. The minimum Gasteiger partial charge on any atom is -0.374 e. The van der Waals surface area contributed by atoms with Crippen molar-refractivity contribution in [3.8, 4) is 0 Å². The summed E-state index contributed by atoms with van der Waals surface area (Å²) in [7, 11) is 1.63. The number of hydrogen-bond acceptors (Lipinski definition) is 6. The van der Waals surface area contributed by atoms with E-state index in [9.17, 15) is 9.18 Å². The molecule has 0 spiro atoms. The number of benzene rings is 1. The lowest BCUT2D eigenvalue weighted by Crippen LogP contribution is -2.31. The predicted molar refractivity (Wildman–Crippen MR) is 91.0 cm³/mol. The Morgan fingerprint density at radius 1 is 1.46 bits per heavy atom. The molecule has 0 aliphatic carbocycles. The number of rotatable bonds is 6. The molecular weight excluding hydrogens is 329 g/mol. The molecule has 1 aliphatic rings. The molecular formula is C17H20FN3O2S. The largest absolute Gasteiger partial charge is 0.374 e. The van der Waals surface area contributed by atoms with E-state index >= 15 is 0 Å². The molecule has 1 saturated heterocycles. The zero-order valence-electron chi connectivity index (χ0n) is 13.7. The molecule has 0 bridgehead atoms. The molecule has 1 aromatic carbocycles. The number of Topliss-reactive ketones (excluding diaryl/α,β-unsaturated/α-hetero) is 1. The highest BCUT2D eigenvalue weighted by Gasteiger charge is 2.30. The average molecular weight is 349 g/mol. The Kier molecular flexibility index (Phi) is 5.20. The fraction of sp³-hybridized carbons (Fsp3) is 0.471. The lowest BCUT2D eigenvalue weighted by Gasteiger charge is -2.23. The smallest absolute Gasteiger partial charge is 0.205 e. The Morgan fingerprint density at radius 2 is 2.21 bits per heavy atom. The van der Waals surface area contributed by atoms with Gasteiger partial charge in [-0.1, -0.05) is 0 Å². The normalized spacial score (nSPS) is 18.8. The molecule has 1 fully saturated rings. The third-order valence-electron chi connectivity index (χ3n) is 4.36. The first-order chi connectivity index (χ1) is 11.6. The first kappa shape index (κ1) is 17.0. The maximum absolute atomic E-state index is 13.0. The lowest BCUT2D eigenvalue weighted by molar-refractivity contribution is 0.0974. The van der Waals surface area contributed by atoms with Crippen molar-refractivity contribution in [2.45, 2.75) is 38.3 Å². The maximum Gasteiger partial charge on any atom is 0.205 e. The van der Waals surface area contributed by atoms with E-state index < -0.39 is 0 Å². The number of ether oxygens (including phenoxy) is 1. The molecule has 24 heavy (non-hydrogen) atoms. The highest BCUT2D eigenvalue weighted by molar-refractivity contribution is 7.09. The fourth-order valence-electron chi connectivity index (χ4n) is 2.88. The summed E-state index contributed by atoms with van der Waals surface area (Å²) in [5.74, 6) is 0.373. The first-order valence-electron chi connectivity index (χ1n) is 8.00. The third-order valence-corrected chi connectivity index (χ3v) is 5.13. The van der Waals surface area contributed by atoms with Crippen LogP contribution in [0.5, 0.6) is 0 Å². The van der Waals surface area contributed by atoms with Gasteiger partial charge in [-0.15, -0.1) is 0 Å². The molecule has 3 rings (SSSR count). The number of hydrogen-bond donors (Lipinski definition) is 0. The zero-order valence-corrected chi connectivity index (χ0v) is 14.6. The minimum atomic E-state index is -0.331. The van der Waals surface area contributed by atoms with Gasteiger partial charge < -0.3 is 9.64 Å². The molecule has 0 unspecified atom stereocenters. The van der Waals surface area contributed by atoms with Crippen LogP contribution in [-0.2, 0) is 4.74 Å². The van der Waals surface area contributed by atoms with Crippen molar-refractivity contribution in [3.05, 3.63) is 41.5 Å².